The van der Waals surface area contributed by atoms with Gasteiger partial charge in [-0.1, -0.05) is 6.07 Å². The number of aliphatic hydroxyl groups excluding tert-OH is 1. The van der Waals surface area contributed by atoms with E-state index in [-0.39, 0.29) is 16.6 Å². The molecule has 15 heavy (non-hydrogen) atoms. The molecule has 0 heterocycles. The van der Waals surface area contributed by atoms with E-state index in [2.05, 4.69) is 21.2 Å². The molecule has 1 aromatic carbocycles. The van der Waals surface area contributed by atoms with Crippen LogP contribution in [0.4, 0.5) is 4.39 Å². The molecule has 82 valence electrons. The topological polar surface area (TPSA) is 49.3 Å². The molecule has 1 aromatic rings. The van der Waals surface area contributed by atoms with Crippen molar-refractivity contribution in [3.05, 3.63) is 34.1 Å². The Bertz CT molecular complexity index is 357. The molecule has 3 nitrogen and oxygen atoms in total. The summed E-state index contributed by atoms with van der Waals surface area (Å²) in [6.45, 7) is 0.336. The summed E-state index contributed by atoms with van der Waals surface area (Å²) in [6.07, 6.45) is 0.460. The van der Waals surface area contributed by atoms with Gasteiger partial charge >= 0.3 is 0 Å². The maximum absolute atomic E-state index is 13.4. The highest BCUT2D eigenvalue weighted by molar-refractivity contribution is 9.10. The van der Waals surface area contributed by atoms with E-state index in [1.807, 2.05) is 0 Å². The highest BCUT2D eigenvalue weighted by Gasteiger charge is 2.12. The van der Waals surface area contributed by atoms with Crippen LogP contribution in [0.15, 0.2) is 22.7 Å². The normalized spacial score (nSPS) is 10.1. The Balaban J connectivity index is 2.69. The number of carbonyl (C=O) groups is 1. The van der Waals surface area contributed by atoms with Crippen molar-refractivity contribution in [3.8, 4) is 0 Å². The molecule has 0 spiro atoms. The lowest BCUT2D eigenvalue weighted by atomic mass is 10.2. The van der Waals surface area contributed by atoms with Crippen LogP contribution >= 0.6 is 15.9 Å². The Hall–Kier alpha value is -0.940. The van der Waals surface area contributed by atoms with Crippen LogP contribution in [-0.4, -0.2) is 24.2 Å². The van der Waals surface area contributed by atoms with E-state index >= 15 is 0 Å². The fourth-order valence-corrected chi connectivity index (χ4v) is 1.42. The van der Waals surface area contributed by atoms with Gasteiger partial charge in [-0.2, -0.15) is 0 Å². The van der Waals surface area contributed by atoms with Crippen molar-refractivity contribution in [2.24, 2.45) is 0 Å². The molecule has 1 amide bonds. The first-order chi connectivity index (χ1) is 7.16. The standard InChI is InChI=1S/C10H11BrFNO2/c11-8-4-1-3-7(9(8)12)10(15)13-5-2-6-14/h1,3-4,14H,2,5-6H2,(H,13,15). The van der Waals surface area contributed by atoms with Crippen LogP contribution in [0.25, 0.3) is 0 Å². The quantitative estimate of drug-likeness (QED) is 0.822. The van der Waals surface area contributed by atoms with Gasteiger partial charge < -0.3 is 10.4 Å². The SMILES string of the molecule is O=C(NCCCO)c1cccc(Br)c1F. The monoisotopic (exact) mass is 275 g/mol. The molecule has 0 fully saturated rings. The van der Waals surface area contributed by atoms with E-state index in [9.17, 15) is 9.18 Å². The van der Waals surface area contributed by atoms with Gasteiger partial charge in [0.1, 0.15) is 5.82 Å². The Morgan fingerprint density at radius 1 is 1.53 bits per heavy atom. The first kappa shape index (κ1) is 12.1. The van der Waals surface area contributed by atoms with E-state index in [1.54, 1.807) is 6.07 Å². The summed E-state index contributed by atoms with van der Waals surface area (Å²) in [4.78, 5) is 11.4. The van der Waals surface area contributed by atoms with Crippen LogP contribution in [-0.2, 0) is 0 Å². The highest BCUT2D eigenvalue weighted by atomic mass is 79.9. The predicted molar refractivity (Wildman–Crippen MR) is 58.1 cm³/mol. The van der Waals surface area contributed by atoms with Crippen LogP contribution in [0, 0.1) is 5.82 Å². The third kappa shape index (κ3) is 3.28. The number of hydrogen-bond acceptors (Lipinski definition) is 2. The van der Waals surface area contributed by atoms with Crippen molar-refractivity contribution < 1.29 is 14.3 Å². The predicted octanol–water partition coefficient (Wildman–Crippen LogP) is 1.70. The Kier molecular flexibility index (Phi) is 4.71. The second kappa shape index (κ2) is 5.82. The molecule has 0 aromatic heterocycles. The molecule has 0 bridgehead atoms. The van der Waals surface area contributed by atoms with Gasteiger partial charge in [0.05, 0.1) is 10.0 Å². The van der Waals surface area contributed by atoms with E-state index in [1.165, 1.54) is 12.1 Å². The number of amides is 1. The molecule has 0 saturated heterocycles. The first-order valence-electron chi connectivity index (χ1n) is 4.50. The minimum Gasteiger partial charge on any atom is -0.396 e. The third-order valence-corrected chi connectivity index (χ3v) is 2.43. The molecular formula is C10H11BrFNO2. The minimum atomic E-state index is -0.570. The lowest BCUT2D eigenvalue weighted by Crippen LogP contribution is -2.26. The van der Waals surface area contributed by atoms with Gasteiger partial charge in [-0.25, -0.2) is 4.39 Å². The largest absolute Gasteiger partial charge is 0.396 e. The zero-order valence-corrected chi connectivity index (χ0v) is 9.55. The molecule has 2 N–H and O–H groups in total. The highest BCUT2D eigenvalue weighted by Crippen LogP contribution is 2.18. The van der Waals surface area contributed by atoms with Gasteiger partial charge in [0.15, 0.2) is 0 Å². The summed E-state index contributed by atoms with van der Waals surface area (Å²) in [6, 6.07) is 4.53. The molecular weight excluding hydrogens is 265 g/mol. The second-order valence-electron chi connectivity index (χ2n) is 2.93. The van der Waals surface area contributed by atoms with Crippen molar-refractivity contribution in [1.29, 1.82) is 0 Å². The average Bonchev–Trinajstić information content (AvgIpc) is 2.22. The zero-order valence-electron chi connectivity index (χ0n) is 7.96. The fourth-order valence-electron chi connectivity index (χ4n) is 1.06. The van der Waals surface area contributed by atoms with Crippen molar-refractivity contribution in [3.63, 3.8) is 0 Å². The summed E-state index contributed by atoms with van der Waals surface area (Å²) in [7, 11) is 0. The van der Waals surface area contributed by atoms with Gasteiger partial charge in [0, 0.05) is 13.2 Å². The van der Waals surface area contributed by atoms with E-state index in [4.69, 9.17) is 5.11 Å². The number of benzene rings is 1. The third-order valence-electron chi connectivity index (χ3n) is 1.82. The number of rotatable bonds is 4. The summed E-state index contributed by atoms with van der Waals surface area (Å²) in [5.74, 6) is -1.04. The Morgan fingerprint density at radius 3 is 2.93 bits per heavy atom. The number of aliphatic hydroxyl groups is 1. The van der Waals surface area contributed by atoms with Crippen LogP contribution in [0.5, 0.6) is 0 Å². The van der Waals surface area contributed by atoms with Gasteiger partial charge in [0.25, 0.3) is 5.91 Å². The summed E-state index contributed by atoms with van der Waals surface area (Å²) in [5, 5.41) is 11.0. The number of carbonyl (C=O) groups excluding carboxylic acids is 1. The fraction of sp³-hybridized carbons (Fsp3) is 0.300. The van der Waals surface area contributed by atoms with Crippen molar-refractivity contribution in [2.45, 2.75) is 6.42 Å². The van der Waals surface area contributed by atoms with Gasteiger partial charge in [-0.15, -0.1) is 0 Å². The van der Waals surface area contributed by atoms with Crippen molar-refractivity contribution in [2.75, 3.05) is 13.2 Å². The summed E-state index contributed by atoms with van der Waals surface area (Å²) < 4.78 is 13.7. The van der Waals surface area contributed by atoms with E-state index < -0.39 is 11.7 Å². The molecule has 1 rings (SSSR count). The minimum absolute atomic E-state index is 0.00124. The lowest BCUT2D eigenvalue weighted by Gasteiger charge is -2.05. The molecule has 0 unspecified atom stereocenters. The molecule has 0 aliphatic heterocycles. The Morgan fingerprint density at radius 2 is 2.27 bits per heavy atom. The molecule has 0 saturated carbocycles. The maximum Gasteiger partial charge on any atom is 0.254 e. The molecule has 0 atom stereocenters. The summed E-state index contributed by atoms with van der Waals surface area (Å²) >= 11 is 3.00. The smallest absolute Gasteiger partial charge is 0.254 e. The van der Waals surface area contributed by atoms with E-state index in [0.29, 0.717) is 13.0 Å². The molecule has 0 radical (unpaired) electrons. The van der Waals surface area contributed by atoms with Crippen molar-refractivity contribution >= 4 is 21.8 Å². The second-order valence-corrected chi connectivity index (χ2v) is 3.79. The number of halogens is 2. The number of hydrogen-bond donors (Lipinski definition) is 2. The van der Waals surface area contributed by atoms with Gasteiger partial charge in [0.2, 0.25) is 0 Å². The maximum atomic E-state index is 13.4. The van der Waals surface area contributed by atoms with Gasteiger partial charge in [-0.05, 0) is 34.5 Å². The lowest BCUT2D eigenvalue weighted by molar-refractivity contribution is 0.0947. The van der Waals surface area contributed by atoms with Crippen LogP contribution < -0.4 is 5.32 Å². The van der Waals surface area contributed by atoms with Crippen molar-refractivity contribution in [1.82, 2.24) is 5.32 Å². The van der Waals surface area contributed by atoms with Crippen LogP contribution in [0.1, 0.15) is 16.8 Å². The summed E-state index contributed by atoms with van der Waals surface area (Å²) in [5.41, 5.74) is 0.00214. The number of nitrogens with one attached hydrogen (secondary N) is 1. The average molecular weight is 276 g/mol. The Labute approximate surface area is 95.4 Å². The van der Waals surface area contributed by atoms with Crippen LogP contribution in [0.3, 0.4) is 0 Å². The molecule has 0 aliphatic carbocycles. The van der Waals surface area contributed by atoms with Crippen LogP contribution in [0.2, 0.25) is 0 Å². The van der Waals surface area contributed by atoms with Gasteiger partial charge in [-0.3, -0.25) is 4.79 Å². The zero-order chi connectivity index (χ0) is 11.3. The molecule has 5 heteroatoms. The first-order valence-corrected chi connectivity index (χ1v) is 5.29. The molecule has 0 aliphatic rings. The van der Waals surface area contributed by atoms with E-state index in [0.717, 1.165) is 0 Å².